The van der Waals surface area contributed by atoms with Crippen molar-refractivity contribution in [3.63, 3.8) is 0 Å². The molecule has 0 aromatic carbocycles. The van der Waals surface area contributed by atoms with Crippen LogP contribution in [0, 0.1) is 11.3 Å². The first-order valence-corrected chi connectivity index (χ1v) is 8.01. The molecule has 0 saturated heterocycles. The molecule has 1 heterocycles. The summed E-state index contributed by atoms with van der Waals surface area (Å²) in [5, 5.41) is 25.4. The summed E-state index contributed by atoms with van der Waals surface area (Å²) >= 11 is 0. The minimum Gasteiger partial charge on any atom is -0.394 e. The Morgan fingerprint density at radius 2 is 2.14 bits per heavy atom. The predicted molar refractivity (Wildman–Crippen MR) is 81.6 cm³/mol. The highest BCUT2D eigenvalue weighted by Gasteiger charge is 2.42. The van der Waals surface area contributed by atoms with E-state index in [1.54, 1.807) is 0 Å². The lowest BCUT2D eigenvalue weighted by Crippen LogP contribution is -2.55. The fourth-order valence-electron chi connectivity index (χ4n) is 4.06. The lowest BCUT2D eigenvalue weighted by atomic mass is 9.64. The van der Waals surface area contributed by atoms with Crippen molar-refractivity contribution in [1.29, 1.82) is 0 Å². The molecule has 0 radical (unpaired) electrons. The van der Waals surface area contributed by atoms with Crippen LogP contribution < -0.4 is 5.32 Å². The van der Waals surface area contributed by atoms with Gasteiger partial charge in [0.25, 0.3) is 0 Å². The number of aliphatic hydroxyl groups excluding tert-OH is 1. The Kier molecular flexibility index (Phi) is 4.99. The zero-order chi connectivity index (χ0) is 15.5. The zero-order valence-electron chi connectivity index (χ0n) is 13.8. The van der Waals surface area contributed by atoms with Gasteiger partial charge in [-0.2, -0.15) is 0 Å². The normalized spacial score (nSPS) is 28.7. The molecule has 0 aliphatic heterocycles. The van der Waals surface area contributed by atoms with Crippen LogP contribution in [0.2, 0.25) is 0 Å². The summed E-state index contributed by atoms with van der Waals surface area (Å²) < 4.78 is 1.84. The van der Waals surface area contributed by atoms with Crippen LogP contribution in [0.4, 0.5) is 0 Å². The number of aromatic nitrogens is 4. The van der Waals surface area contributed by atoms with Gasteiger partial charge in [0.1, 0.15) is 0 Å². The van der Waals surface area contributed by atoms with E-state index in [0.29, 0.717) is 12.5 Å². The van der Waals surface area contributed by atoms with Crippen molar-refractivity contribution >= 4 is 0 Å². The maximum atomic E-state index is 9.97. The first-order valence-electron chi connectivity index (χ1n) is 8.01. The number of tetrazole rings is 1. The van der Waals surface area contributed by atoms with Gasteiger partial charge in [-0.3, -0.25) is 0 Å². The third-order valence-corrected chi connectivity index (χ3v) is 4.42. The smallest absolute Gasteiger partial charge is 0.165 e. The van der Waals surface area contributed by atoms with Crippen molar-refractivity contribution < 1.29 is 5.11 Å². The molecule has 0 amide bonds. The van der Waals surface area contributed by atoms with Gasteiger partial charge in [0.05, 0.1) is 13.2 Å². The Labute approximate surface area is 127 Å². The van der Waals surface area contributed by atoms with Gasteiger partial charge >= 0.3 is 0 Å². The second kappa shape index (κ2) is 6.40. The maximum Gasteiger partial charge on any atom is 0.165 e. The van der Waals surface area contributed by atoms with E-state index in [4.69, 9.17) is 0 Å². The van der Waals surface area contributed by atoms with Crippen molar-refractivity contribution in [3.8, 4) is 0 Å². The lowest BCUT2D eigenvalue weighted by molar-refractivity contribution is 0.0345. The standard InChI is InChI=1S/C15H29N5O/c1-5-6-20-13(17-18-19-20)9-16-15(11-21)8-12(2)7-14(3,4)10-15/h12,16,21H,5-11H2,1-4H3. The highest BCUT2D eigenvalue weighted by atomic mass is 16.3. The van der Waals surface area contributed by atoms with Crippen molar-refractivity contribution in [1.82, 2.24) is 25.5 Å². The van der Waals surface area contributed by atoms with E-state index in [1.165, 1.54) is 6.42 Å². The Morgan fingerprint density at radius 3 is 2.76 bits per heavy atom. The van der Waals surface area contributed by atoms with Gasteiger partial charge in [-0.1, -0.05) is 27.7 Å². The molecule has 6 heteroatoms. The van der Waals surface area contributed by atoms with Gasteiger partial charge < -0.3 is 10.4 Å². The number of rotatable bonds is 6. The van der Waals surface area contributed by atoms with E-state index >= 15 is 0 Å². The molecule has 2 unspecified atom stereocenters. The molecular formula is C15H29N5O. The van der Waals surface area contributed by atoms with Crippen molar-refractivity contribution in [2.75, 3.05) is 6.61 Å². The summed E-state index contributed by atoms with van der Waals surface area (Å²) in [7, 11) is 0. The van der Waals surface area contributed by atoms with Crippen LogP contribution in [-0.4, -0.2) is 37.5 Å². The molecule has 1 aliphatic rings. The van der Waals surface area contributed by atoms with E-state index in [0.717, 1.165) is 31.6 Å². The van der Waals surface area contributed by atoms with E-state index in [-0.39, 0.29) is 17.6 Å². The lowest BCUT2D eigenvalue weighted by Gasteiger charge is -2.47. The van der Waals surface area contributed by atoms with Gasteiger partial charge in [0, 0.05) is 12.1 Å². The second-order valence-corrected chi connectivity index (χ2v) is 7.46. The Balaban J connectivity index is 2.06. The minimum absolute atomic E-state index is 0.163. The largest absolute Gasteiger partial charge is 0.394 e. The SMILES string of the molecule is CCCn1nnnc1CNC1(CO)CC(C)CC(C)(C)C1. The molecule has 0 bridgehead atoms. The van der Waals surface area contributed by atoms with Crippen molar-refractivity contribution in [2.24, 2.45) is 11.3 Å². The summed E-state index contributed by atoms with van der Waals surface area (Å²) in [4.78, 5) is 0. The summed E-state index contributed by atoms with van der Waals surface area (Å²) in [5.74, 6) is 1.46. The number of hydrogen-bond acceptors (Lipinski definition) is 5. The van der Waals surface area contributed by atoms with Crippen LogP contribution in [0.1, 0.15) is 59.2 Å². The third kappa shape index (κ3) is 4.01. The Morgan fingerprint density at radius 1 is 1.38 bits per heavy atom. The molecule has 1 aromatic heterocycles. The van der Waals surface area contributed by atoms with Crippen molar-refractivity contribution in [2.45, 2.75) is 72.0 Å². The molecule has 1 aliphatic carbocycles. The molecule has 0 spiro atoms. The molecule has 6 nitrogen and oxygen atoms in total. The fraction of sp³-hybridized carbons (Fsp3) is 0.933. The number of nitrogens with zero attached hydrogens (tertiary/aromatic N) is 4. The number of nitrogens with one attached hydrogen (secondary N) is 1. The van der Waals surface area contributed by atoms with Crippen LogP contribution >= 0.6 is 0 Å². The summed E-state index contributed by atoms with van der Waals surface area (Å²) in [6.45, 7) is 10.6. The van der Waals surface area contributed by atoms with Gasteiger partial charge in [0.15, 0.2) is 5.82 Å². The summed E-state index contributed by atoms with van der Waals surface area (Å²) in [6, 6.07) is 0. The molecule has 120 valence electrons. The van der Waals surface area contributed by atoms with Crippen LogP contribution in [0.3, 0.4) is 0 Å². The average Bonchev–Trinajstić information content (AvgIpc) is 2.82. The van der Waals surface area contributed by atoms with Gasteiger partial charge in [-0.05, 0) is 47.4 Å². The van der Waals surface area contributed by atoms with Gasteiger partial charge in [-0.25, -0.2) is 4.68 Å². The van der Waals surface area contributed by atoms with Crippen LogP contribution in [0.15, 0.2) is 0 Å². The molecule has 2 N–H and O–H groups in total. The first-order chi connectivity index (χ1) is 9.90. The number of aliphatic hydroxyl groups is 1. The zero-order valence-corrected chi connectivity index (χ0v) is 13.8. The van der Waals surface area contributed by atoms with Gasteiger partial charge in [0.2, 0.25) is 0 Å². The molecule has 21 heavy (non-hydrogen) atoms. The highest BCUT2D eigenvalue weighted by Crippen LogP contribution is 2.43. The topological polar surface area (TPSA) is 75.9 Å². The van der Waals surface area contributed by atoms with Crippen molar-refractivity contribution in [3.05, 3.63) is 5.82 Å². The Hall–Kier alpha value is -1.01. The van der Waals surface area contributed by atoms with E-state index in [9.17, 15) is 5.11 Å². The molecule has 1 aromatic rings. The molecule has 1 fully saturated rings. The fourth-order valence-corrected chi connectivity index (χ4v) is 4.06. The van der Waals surface area contributed by atoms with Gasteiger partial charge in [-0.15, -0.1) is 5.10 Å². The monoisotopic (exact) mass is 295 g/mol. The highest BCUT2D eigenvalue weighted by molar-refractivity contribution is 4.99. The van der Waals surface area contributed by atoms with E-state index in [1.807, 2.05) is 4.68 Å². The van der Waals surface area contributed by atoms with E-state index in [2.05, 4.69) is 48.5 Å². The average molecular weight is 295 g/mol. The molecule has 2 rings (SSSR count). The number of aryl methyl sites for hydroxylation is 1. The maximum absolute atomic E-state index is 9.97. The first kappa shape index (κ1) is 16.4. The third-order valence-electron chi connectivity index (χ3n) is 4.42. The number of hydrogen-bond donors (Lipinski definition) is 2. The molecule has 2 atom stereocenters. The molecule has 1 saturated carbocycles. The second-order valence-electron chi connectivity index (χ2n) is 7.46. The van der Waals surface area contributed by atoms with Crippen LogP contribution in [0.25, 0.3) is 0 Å². The minimum atomic E-state index is -0.218. The van der Waals surface area contributed by atoms with Crippen LogP contribution in [0.5, 0.6) is 0 Å². The predicted octanol–water partition coefficient (Wildman–Crippen LogP) is 1.75. The van der Waals surface area contributed by atoms with Crippen LogP contribution in [-0.2, 0) is 13.1 Å². The molecular weight excluding hydrogens is 266 g/mol. The summed E-state index contributed by atoms with van der Waals surface area (Å²) in [5.41, 5.74) is 0.0346. The Bertz CT molecular complexity index is 459. The van der Waals surface area contributed by atoms with E-state index < -0.39 is 0 Å². The quantitative estimate of drug-likeness (QED) is 0.836. The summed E-state index contributed by atoms with van der Waals surface area (Å²) in [6.07, 6.45) is 4.20.